The van der Waals surface area contributed by atoms with Crippen LogP contribution in [0.5, 0.6) is 0 Å². The van der Waals surface area contributed by atoms with E-state index in [0.717, 1.165) is 48.1 Å². The Kier molecular flexibility index (Phi) is 4.13. The molecule has 0 spiro atoms. The topological polar surface area (TPSA) is 19.4 Å². The molecule has 1 aliphatic rings. The van der Waals surface area contributed by atoms with Crippen molar-refractivity contribution >= 4 is 22.6 Å². The first-order valence-corrected chi connectivity index (χ1v) is 8.64. The molecule has 0 amide bonds. The van der Waals surface area contributed by atoms with Gasteiger partial charge in [-0.25, -0.2) is 4.58 Å². The van der Waals surface area contributed by atoms with Gasteiger partial charge in [0.25, 0.3) is 0 Å². The van der Waals surface area contributed by atoms with Crippen LogP contribution in [0.3, 0.4) is 0 Å². The second-order valence-electron chi connectivity index (χ2n) is 6.29. The van der Waals surface area contributed by atoms with Gasteiger partial charge in [-0.15, -0.1) is 0 Å². The zero-order chi connectivity index (χ0) is 16.5. The number of nitrogens with zero attached hydrogens (tertiary/aromatic N) is 2. The molecule has 0 N–H and O–H groups in total. The third kappa shape index (κ3) is 2.97. The van der Waals surface area contributed by atoms with Crippen LogP contribution in [0.1, 0.15) is 0 Å². The van der Waals surface area contributed by atoms with Gasteiger partial charge in [0.2, 0.25) is 5.36 Å². The van der Waals surface area contributed by atoms with Crippen LogP contribution in [0.4, 0.5) is 0 Å². The lowest BCUT2D eigenvalue weighted by Gasteiger charge is -2.20. The van der Waals surface area contributed by atoms with Crippen molar-refractivity contribution in [2.75, 3.05) is 33.2 Å². The quantitative estimate of drug-likeness (QED) is 0.632. The standard InChI is InChI=1S/C20H20ClN2O/c1-22-10-12-23(13-11-22)18-14-20(15-6-8-16(21)9-7-15)24-19-5-3-2-4-17(18)19/h2-9,14H,10-13H2,1H3/q+1. The summed E-state index contributed by atoms with van der Waals surface area (Å²) in [5.41, 5.74) is 1.96. The van der Waals surface area contributed by atoms with Gasteiger partial charge in [0, 0.05) is 10.6 Å². The van der Waals surface area contributed by atoms with Crippen LogP contribution in [-0.2, 0) is 0 Å². The number of halogens is 1. The van der Waals surface area contributed by atoms with Crippen LogP contribution in [0.15, 0.2) is 59.0 Å². The van der Waals surface area contributed by atoms with E-state index in [0.29, 0.717) is 0 Å². The Morgan fingerprint density at radius 2 is 1.71 bits per heavy atom. The molecule has 122 valence electrons. The fourth-order valence-corrected chi connectivity index (χ4v) is 3.31. The first-order valence-electron chi connectivity index (χ1n) is 8.26. The van der Waals surface area contributed by atoms with E-state index in [1.807, 2.05) is 36.4 Å². The van der Waals surface area contributed by atoms with Crippen molar-refractivity contribution in [2.45, 2.75) is 0 Å². The summed E-state index contributed by atoms with van der Waals surface area (Å²) in [5, 5.41) is 3.15. The third-order valence-electron chi connectivity index (χ3n) is 4.62. The number of hydrogen-bond donors (Lipinski definition) is 0. The van der Waals surface area contributed by atoms with Crippen LogP contribution in [0.2, 0.25) is 5.02 Å². The summed E-state index contributed by atoms with van der Waals surface area (Å²) in [5.74, 6) is 0.874. The number of likely N-dealkylation sites (N-methyl/N-ethyl adjacent to an activating group) is 1. The van der Waals surface area contributed by atoms with Gasteiger partial charge in [-0.2, -0.15) is 0 Å². The van der Waals surface area contributed by atoms with E-state index in [1.165, 1.54) is 10.7 Å². The van der Waals surface area contributed by atoms with Gasteiger partial charge < -0.3 is 4.42 Å². The van der Waals surface area contributed by atoms with Crippen LogP contribution in [-0.4, -0.2) is 38.1 Å². The molecule has 4 rings (SSSR count). The third-order valence-corrected chi connectivity index (χ3v) is 4.88. The minimum atomic E-state index is 0.735. The van der Waals surface area contributed by atoms with Gasteiger partial charge in [-0.1, -0.05) is 23.7 Å². The Morgan fingerprint density at radius 3 is 2.46 bits per heavy atom. The molecule has 24 heavy (non-hydrogen) atoms. The van der Waals surface area contributed by atoms with Crippen LogP contribution in [0, 0.1) is 0 Å². The van der Waals surface area contributed by atoms with Gasteiger partial charge in [0.05, 0.1) is 24.5 Å². The Balaban J connectivity index is 1.95. The fourth-order valence-electron chi connectivity index (χ4n) is 3.18. The van der Waals surface area contributed by atoms with Crippen LogP contribution < -0.4 is 9.93 Å². The van der Waals surface area contributed by atoms with E-state index in [1.54, 1.807) is 0 Å². The molecule has 3 nitrogen and oxygen atoms in total. The minimum absolute atomic E-state index is 0.735. The summed E-state index contributed by atoms with van der Waals surface area (Å²) in [7, 11) is 2.18. The number of piperazine rings is 1. The number of hydrogen-bond acceptors (Lipinski definition) is 2. The molecule has 2 heterocycles. The lowest BCUT2D eigenvalue weighted by molar-refractivity contribution is 0.267. The fraction of sp³-hybridized carbons (Fsp3) is 0.250. The summed E-state index contributed by atoms with van der Waals surface area (Å²) < 4.78 is 8.62. The molecule has 2 aromatic carbocycles. The number of rotatable bonds is 1. The van der Waals surface area contributed by atoms with E-state index in [9.17, 15) is 0 Å². The van der Waals surface area contributed by atoms with Crippen molar-refractivity contribution in [1.82, 2.24) is 9.48 Å². The molecule has 1 saturated heterocycles. The first kappa shape index (κ1) is 15.4. The van der Waals surface area contributed by atoms with Crippen molar-refractivity contribution < 1.29 is 4.42 Å². The van der Waals surface area contributed by atoms with Gasteiger partial charge in [0.1, 0.15) is 11.3 Å². The van der Waals surface area contributed by atoms with Crippen molar-refractivity contribution in [2.24, 2.45) is 0 Å². The summed E-state index contributed by atoms with van der Waals surface area (Å²) in [6, 6.07) is 18.2. The number of para-hydroxylation sites is 1. The number of benzene rings is 2. The van der Waals surface area contributed by atoms with Gasteiger partial charge in [-0.3, -0.25) is 4.90 Å². The lowest BCUT2D eigenvalue weighted by Crippen LogP contribution is -2.46. The van der Waals surface area contributed by atoms with Gasteiger partial charge >= 0.3 is 0 Å². The molecular formula is C20H20ClN2O+. The van der Waals surface area contributed by atoms with Gasteiger partial charge in [-0.05, 0) is 43.4 Å². The first-order chi connectivity index (χ1) is 11.7. The van der Waals surface area contributed by atoms with E-state index in [4.69, 9.17) is 16.0 Å². The Bertz CT molecular complexity index is 934. The summed E-state index contributed by atoms with van der Waals surface area (Å²) in [4.78, 5) is 2.37. The molecule has 0 atom stereocenters. The molecule has 0 aliphatic carbocycles. The van der Waals surface area contributed by atoms with Crippen molar-refractivity contribution in [1.29, 1.82) is 0 Å². The van der Waals surface area contributed by atoms with Crippen molar-refractivity contribution in [3.8, 4) is 11.3 Å². The second kappa shape index (κ2) is 6.42. The molecule has 4 heteroatoms. The van der Waals surface area contributed by atoms with E-state index < -0.39 is 0 Å². The Labute approximate surface area is 146 Å². The largest absolute Gasteiger partial charge is 0.456 e. The van der Waals surface area contributed by atoms with Crippen molar-refractivity contribution in [3.63, 3.8) is 0 Å². The van der Waals surface area contributed by atoms with Gasteiger partial charge in [0.15, 0.2) is 13.1 Å². The predicted octanol–water partition coefficient (Wildman–Crippen LogP) is 3.47. The normalized spacial score (nSPS) is 15.8. The highest BCUT2D eigenvalue weighted by Gasteiger charge is 2.18. The zero-order valence-electron chi connectivity index (χ0n) is 13.7. The molecule has 1 aromatic heterocycles. The second-order valence-corrected chi connectivity index (χ2v) is 6.73. The maximum absolute atomic E-state index is 6.16. The molecule has 3 aromatic rings. The van der Waals surface area contributed by atoms with Crippen LogP contribution in [0.25, 0.3) is 22.3 Å². The molecule has 0 saturated carbocycles. The summed E-state index contributed by atoms with van der Waals surface area (Å²) >= 11 is 6.02. The average molecular weight is 340 g/mol. The SMILES string of the molecule is CN1CC[N+](=c2cc(-c3ccc(Cl)cc3)oc3ccccc23)CC1. The predicted molar refractivity (Wildman–Crippen MR) is 99.2 cm³/mol. The smallest absolute Gasteiger partial charge is 0.214 e. The average Bonchev–Trinajstić information content (AvgIpc) is 2.62. The van der Waals surface area contributed by atoms with Crippen molar-refractivity contribution in [3.05, 3.63) is 65.0 Å². The lowest BCUT2D eigenvalue weighted by atomic mass is 10.1. The Hall–Kier alpha value is -2.10. The molecule has 1 fully saturated rings. The molecule has 0 unspecified atom stereocenters. The Morgan fingerprint density at radius 1 is 1.00 bits per heavy atom. The molecular weight excluding hydrogens is 320 g/mol. The molecule has 0 radical (unpaired) electrons. The highest BCUT2D eigenvalue weighted by Crippen LogP contribution is 2.23. The summed E-state index contributed by atoms with van der Waals surface area (Å²) in [6.07, 6.45) is 0. The van der Waals surface area contributed by atoms with Crippen LogP contribution >= 0.6 is 11.6 Å². The monoisotopic (exact) mass is 339 g/mol. The zero-order valence-corrected chi connectivity index (χ0v) is 14.5. The molecule has 0 bridgehead atoms. The minimum Gasteiger partial charge on any atom is -0.456 e. The molecule has 1 aliphatic heterocycles. The van der Waals surface area contributed by atoms with E-state index in [-0.39, 0.29) is 0 Å². The number of fused-ring (bicyclic) bond motifs is 1. The maximum Gasteiger partial charge on any atom is 0.214 e. The highest BCUT2D eigenvalue weighted by atomic mass is 35.5. The summed E-state index contributed by atoms with van der Waals surface area (Å²) in [6.45, 7) is 4.22. The highest BCUT2D eigenvalue weighted by molar-refractivity contribution is 6.30. The van der Waals surface area contributed by atoms with E-state index >= 15 is 0 Å². The maximum atomic E-state index is 6.16. The van der Waals surface area contributed by atoms with E-state index in [2.05, 4.69) is 34.7 Å².